The quantitative estimate of drug-likeness (QED) is 0.816. The highest BCUT2D eigenvalue weighted by Gasteiger charge is 2.08. The van der Waals surface area contributed by atoms with Crippen molar-refractivity contribution in [3.8, 4) is 0 Å². The maximum absolute atomic E-state index is 11.5. The van der Waals surface area contributed by atoms with Crippen molar-refractivity contribution in [1.29, 1.82) is 0 Å². The molecule has 4 nitrogen and oxygen atoms in total. The number of amides is 1. The van der Waals surface area contributed by atoms with Crippen LogP contribution in [-0.2, 0) is 4.79 Å². The van der Waals surface area contributed by atoms with E-state index in [0.29, 0.717) is 18.5 Å². The van der Waals surface area contributed by atoms with Gasteiger partial charge in [-0.15, -0.1) is 0 Å². The molecule has 0 aliphatic carbocycles. The molecular formula is C12H16N2O2. The molecule has 0 aromatic carbocycles. The Morgan fingerprint density at radius 3 is 2.50 bits per heavy atom. The third-order valence-corrected chi connectivity index (χ3v) is 2.24. The van der Waals surface area contributed by atoms with E-state index in [1.54, 1.807) is 24.5 Å². The zero-order valence-corrected chi connectivity index (χ0v) is 9.56. The minimum Gasteiger partial charge on any atom is -0.352 e. The van der Waals surface area contributed by atoms with Gasteiger partial charge in [-0.25, -0.2) is 0 Å². The first-order valence-electron chi connectivity index (χ1n) is 5.32. The highest BCUT2D eigenvalue weighted by atomic mass is 16.1. The number of nitrogens with one attached hydrogen (secondary N) is 1. The molecule has 16 heavy (non-hydrogen) atoms. The van der Waals surface area contributed by atoms with Gasteiger partial charge >= 0.3 is 0 Å². The van der Waals surface area contributed by atoms with Crippen molar-refractivity contribution in [2.24, 2.45) is 5.92 Å². The first-order chi connectivity index (χ1) is 7.61. The van der Waals surface area contributed by atoms with E-state index in [4.69, 9.17) is 0 Å². The van der Waals surface area contributed by atoms with Crippen LogP contribution in [0, 0.1) is 5.92 Å². The van der Waals surface area contributed by atoms with E-state index in [2.05, 4.69) is 10.3 Å². The third kappa shape index (κ3) is 3.81. The molecule has 0 aliphatic rings. The number of Topliss-reactive ketones (excluding diaryl/α,β-unsaturated/α-hetero) is 1. The molecule has 1 N–H and O–H groups in total. The van der Waals surface area contributed by atoms with Crippen LogP contribution in [0.2, 0.25) is 0 Å². The Morgan fingerprint density at radius 1 is 1.31 bits per heavy atom. The maximum Gasteiger partial charge on any atom is 0.251 e. The number of nitrogens with zero attached hydrogens (tertiary/aromatic N) is 1. The summed E-state index contributed by atoms with van der Waals surface area (Å²) >= 11 is 0. The van der Waals surface area contributed by atoms with Crippen LogP contribution in [-0.4, -0.2) is 23.2 Å². The van der Waals surface area contributed by atoms with Gasteiger partial charge in [-0.2, -0.15) is 0 Å². The molecule has 1 heterocycles. The van der Waals surface area contributed by atoms with Crippen molar-refractivity contribution in [2.75, 3.05) is 6.54 Å². The first-order valence-corrected chi connectivity index (χ1v) is 5.32. The van der Waals surface area contributed by atoms with E-state index in [1.807, 2.05) is 13.8 Å². The average Bonchev–Trinajstić information content (AvgIpc) is 2.29. The molecular weight excluding hydrogens is 204 g/mol. The Hall–Kier alpha value is -1.71. The standard InChI is InChI=1S/C12H16N2O2/c1-9(2)11(15)5-8-14-12(16)10-3-6-13-7-4-10/h3-4,6-7,9H,5,8H2,1-2H3,(H,14,16). The highest BCUT2D eigenvalue weighted by molar-refractivity contribution is 5.94. The average molecular weight is 220 g/mol. The second-order valence-electron chi connectivity index (χ2n) is 3.86. The molecule has 1 amide bonds. The van der Waals surface area contributed by atoms with Crippen molar-refractivity contribution in [2.45, 2.75) is 20.3 Å². The zero-order chi connectivity index (χ0) is 12.0. The molecule has 1 rings (SSSR count). The van der Waals surface area contributed by atoms with Crippen molar-refractivity contribution >= 4 is 11.7 Å². The van der Waals surface area contributed by atoms with E-state index >= 15 is 0 Å². The molecule has 0 aliphatic heterocycles. The predicted molar refractivity (Wildman–Crippen MR) is 61.0 cm³/mol. The van der Waals surface area contributed by atoms with Gasteiger partial charge in [-0.1, -0.05) is 13.8 Å². The van der Waals surface area contributed by atoms with Crippen LogP contribution in [0.5, 0.6) is 0 Å². The Labute approximate surface area is 95.1 Å². The molecule has 0 radical (unpaired) electrons. The van der Waals surface area contributed by atoms with Crippen molar-refractivity contribution in [3.05, 3.63) is 30.1 Å². The van der Waals surface area contributed by atoms with Crippen LogP contribution >= 0.6 is 0 Å². The first kappa shape index (κ1) is 12.4. The molecule has 1 aromatic rings. The molecule has 0 unspecified atom stereocenters. The zero-order valence-electron chi connectivity index (χ0n) is 9.56. The Balaban J connectivity index is 2.34. The normalized spacial score (nSPS) is 10.2. The summed E-state index contributed by atoms with van der Waals surface area (Å²) in [6, 6.07) is 3.28. The molecule has 86 valence electrons. The molecule has 0 fully saturated rings. The van der Waals surface area contributed by atoms with Gasteiger partial charge in [0.05, 0.1) is 0 Å². The van der Waals surface area contributed by atoms with E-state index in [9.17, 15) is 9.59 Å². The number of carbonyl (C=O) groups is 2. The minimum atomic E-state index is -0.168. The lowest BCUT2D eigenvalue weighted by Gasteiger charge is -2.06. The fraction of sp³-hybridized carbons (Fsp3) is 0.417. The number of ketones is 1. The van der Waals surface area contributed by atoms with Crippen molar-refractivity contribution in [1.82, 2.24) is 10.3 Å². The summed E-state index contributed by atoms with van der Waals surface area (Å²) in [5.41, 5.74) is 0.562. The van der Waals surface area contributed by atoms with Crippen LogP contribution in [0.3, 0.4) is 0 Å². The number of carbonyl (C=O) groups excluding carboxylic acids is 2. The van der Waals surface area contributed by atoms with Crippen LogP contribution in [0.25, 0.3) is 0 Å². The van der Waals surface area contributed by atoms with Gasteiger partial charge in [0.25, 0.3) is 5.91 Å². The van der Waals surface area contributed by atoms with Crippen molar-refractivity contribution in [3.63, 3.8) is 0 Å². The maximum atomic E-state index is 11.5. The van der Waals surface area contributed by atoms with Crippen LogP contribution in [0.4, 0.5) is 0 Å². The van der Waals surface area contributed by atoms with Gasteiger partial charge in [0.1, 0.15) is 5.78 Å². The van der Waals surface area contributed by atoms with E-state index in [-0.39, 0.29) is 17.6 Å². The summed E-state index contributed by atoms with van der Waals surface area (Å²) in [5.74, 6) is 0.0202. The van der Waals surface area contributed by atoms with E-state index in [0.717, 1.165) is 0 Å². The van der Waals surface area contributed by atoms with Crippen LogP contribution in [0.1, 0.15) is 30.6 Å². The summed E-state index contributed by atoms with van der Waals surface area (Å²) in [4.78, 5) is 26.7. The number of aromatic nitrogens is 1. The van der Waals surface area contributed by atoms with Gasteiger partial charge < -0.3 is 5.32 Å². The van der Waals surface area contributed by atoms with Crippen molar-refractivity contribution < 1.29 is 9.59 Å². The fourth-order valence-corrected chi connectivity index (χ4v) is 1.19. The van der Waals surface area contributed by atoms with Crippen LogP contribution in [0.15, 0.2) is 24.5 Å². The van der Waals surface area contributed by atoms with Crippen LogP contribution < -0.4 is 5.32 Å². The lowest BCUT2D eigenvalue weighted by atomic mass is 10.1. The predicted octanol–water partition coefficient (Wildman–Crippen LogP) is 1.43. The van der Waals surface area contributed by atoms with Gasteiger partial charge in [-0.05, 0) is 12.1 Å². The molecule has 0 bridgehead atoms. The second-order valence-corrected chi connectivity index (χ2v) is 3.86. The molecule has 0 saturated carbocycles. The summed E-state index contributed by atoms with van der Waals surface area (Å²) in [6.45, 7) is 4.10. The molecule has 0 spiro atoms. The number of hydrogen-bond acceptors (Lipinski definition) is 3. The number of pyridine rings is 1. The molecule has 4 heteroatoms. The Kier molecular flexibility index (Phi) is 4.64. The molecule has 0 saturated heterocycles. The van der Waals surface area contributed by atoms with Gasteiger partial charge in [0.15, 0.2) is 0 Å². The summed E-state index contributed by atoms with van der Waals surface area (Å²) in [7, 11) is 0. The summed E-state index contributed by atoms with van der Waals surface area (Å²) in [6.07, 6.45) is 3.51. The van der Waals surface area contributed by atoms with Gasteiger partial charge in [0, 0.05) is 36.8 Å². The molecule has 0 atom stereocenters. The SMILES string of the molecule is CC(C)C(=O)CCNC(=O)c1ccncc1. The lowest BCUT2D eigenvalue weighted by molar-refractivity contribution is -0.121. The smallest absolute Gasteiger partial charge is 0.251 e. The Morgan fingerprint density at radius 2 is 1.94 bits per heavy atom. The number of hydrogen-bond donors (Lipinski definition) is 1. The van der Waals surface area contributed by atoms with E-state index in [1.165, 1.54) is 0 Å². The summed E-state index contributed by atoms with van der Waals surface area (Å²) < 4.78 is 0. The van der Waals surface area contributed by atoms with E-state index < -0.39 is 0 Å². The second kappa shape index (κ2) is 6.00. The Bertz CT molecular complexity index is 361. The third-order valence-electron chi connectivity index (χ3n) is 2.24. The largest absolute Gasteiger partial charge is 0.352 e. The minimum absolute atomic E-state index is 0.0258. The topological polar surface area (TPSA) is 59.1 Å². The fourth-order valence-electron chi connectivity index (χ4n) is 1.19. The molecule has 1 aromatic heterocycles. The monoisotopic (exact) mass is 220 g/mol. The highest BCUT2D eigenvalue weighted by Crippen LogP contribution is 1.99. The lowest BCUT2D eigenvalue weighted by Crippen LogP contribution is -2.26. The van der Waals surface area contributed by atoms with Gasteiger partial charge in [-0.3, -0.25) is 14.6 Å². The summed E-state index contributed by atoms with van der Waals surface area (Å²) in [5, 5.41) is 2.70. The van der Waals surface area contributed by atoms with Gasteiger partial charge in [0.2, 0.25) is 0 Å². The number of rotatable bonds is 5.